The van der Waals surface area contributed by atoms with E-state index in [1.54, 1.807) is 0 Å². The van der Waals surface area contributed by atoms with Crippen molar-refractivity contribution in [3.8, 4) is 0 Å². The normalized spacial score (nSPS) is 18.2. The molecule has 0 saturated heterocycles. The van der Waals surface area contributed by atoms with Crippen molar-refractivity contribution in [3.05, 3.63) is 54.1 Å². The number of benzene rings is 1. The summed E-state index contributed by atoms with van der Waals surface area (Å²) in [5.74, 6) is 1.15. The van der Waals surface area contributed by atoms with Crippen LogP contribution < -0.4 is 0 Å². The number of halogens is 2. The molecule has 2 heteroatoms. The highest BCUT2D eigenvalue weighted by atomic mass is 35.5. The van der Waals surface area contributed by atoms with Gasteiger partial charge < -0.3 is 0 Å². The summed E-state index contributed by atoms with van der Waals surface area (Å²) in [4.78, 5) is 0. The first kappa shape index (κ1) is 11.8. The standard InChI is InChI=1S/C14H14Cl2/c15-10-14(11-16)8-6-13(7-9-14)12-4-2-1-3-5-12/h1-8H,9-11H2. The third-order valence-corrected chi connectivity index (χ3v) is 4.05. The van der Waals surface area contributed by atoms with Gasteiger partial charge in [-0.2, -0.15) is 0 Å². The minimum atomic E-state index is -0.0542. The molecule has 0 spiro atoms. The molecule has 0 fully saturated rings. The Bertz CT molecular complexity index is 400. The second-order valence-electron chi connectivity index (χ2n) is 4.19. The molecule has 1 aliphatic rings. The molecule has 1 aromatic rings. The maximum absolute atomic E-state index is 5.97. The molecule has 0 aliphatic heterocycles. The van der Waals surface area contributed by atoms with E-state index in [0.29, 0.717) is 11.8 Å². The van der Waals surface area contributed by atoms with Crippen molar-refractivity contribution in [1.82, 2.24) is 0 Å². The van der Waals surface area contributed by atoms with Crippen LogP contribution in [0.4, 0.5) is 0 Å². The van der Waals surface area contributed by atoms with Gasteiger partial charge in [-0.3, -0.25) is 0 Å². The first-order chi connectivity index (χ1) is 7.79. The Morgan fingerprint density at radius 1 is 1.06 bits per heavy atom. The van der Waals surface area contributed by atoms with E-state index in [1.165, 1.54) is 11.1 Å². The smallest absolute Gasteiger partial charge is 0.0329 e. The van der Waals surface area contributed by atoms with Gasteiger partial charge in [-0.25, -0.2) is 0 Å². The van der Waals surface area contributed by atoms with Gasteiger partial charge in [-0.05, 0) is 17.6 Å². The van der Waals surface area contributed by atoms with Gasteiger partial charge in [0.05, 0.1) is 0 Å². The minimum absolute atomic E-state index is 0.0542. The molecule has 0 atom stereocenters. The van der Waals surface area contributed by atoms with Gasteiger partial charge in [-0.1, -0.05) is 48.6 Å². The van der Waals surface area contributed by atoms with Crippen LogP contribution in [0.2, 0.25) is 0 Å². The summed E-state index contributed by atoms with van der Waals surface area (Å²) in [6, 6.07) is 10.4. The minimum Gasteiger partial charge on any atom is -0.126 e. The summed E-state index contributed by atoms with van der Waals surface area (Å²) < 4.78 is 0. The van der Waals surface area contributed by atoms with E-state index in [2.05, 4.69) is 42.5 Å². The lowest BCUT2D eigenvalue weighted by molar-refractivity contribution is 0.500. The van der Waals surface area contributed by atoms with Crippen molar-refractivity contribution in [2.45, 2.75) is 6.42 Å². The monoisotopic (exact) mass is 252 g/mol. The number of allylic oxidation sites excluding steroid dienone is 4. The Kier molecular flexibility index (Phi) is 3.73. The molecule has 0 unspecified atom stereocenters. The zero-order valence-corrected chi connectivity index (χ0v) is 10.5. The molecule has 0 radical (unpaired) electrons. The van der Waals surface area contributed by atoms with Crippen LogP contribution in [-0.4, -0.2) is 11.8 Å². The molecular weight excluding hydrogens is 239 g/mol. The number of rotatable bonds is 3. The predicted octanol–water partition coefficient (Wildman–Crippen LogP) is 4.49. The molecule has 1 aromatic carbocycles. The second kappa shape index (κ2) is 5.07. The summed E-state index contributed by atoms with van der Waals surface area (Å²) in [6.45, 7) is 0. The third-order valence-electron chi connectivity index (χ3n) is 2.98. The van der Waals surface area contributed by atoms with Gasteiger partial charge in [0.25, 0.3) is 0 Å². The van der Waals surface area contributed by atoms with Crippen LogP contribution in [0.5, 0.6) is 0 Å². The lowest BCUT2D eigenvalue weighted by atomic mass is 9.82. The SMILES string of the molecule is ClCC1(CCl)C=CC(c2ccccc2)=CC1. The van der Waals surface area contributed by atoms with Crippen LogP contribution in [0.15, 0.2) is 48.6 Å². The topological polar surface area (TPSA) is 0 Å². The van der Waals surface area contributed by atoms with Gasteiger partial charge in [0.1, 0.15) is 0 Å². The molecule has 0 nitrogen and oxygen atoms in total. The Morgan fingerprint density at radius 2 is 1.75 bits per heavy atom. The molecule has 84 valence electrons. The fourth-order valence-corrected chi connectivity index (χ4v) is 2.48. The quantitative estimate of drug-likeness (QED) is 0.696. The van der Waals surface area contributed by atoms with Crippen LogP contribution in [0, 0.1) is 5.41 Å². The lowest BCUT2D eigenvalue weighted by Crippen LogP contribution is -2.23. The van der Waals surface area contributed by atoms with E-state index in [-0.39, 0.29) is 5.41 Å². The maximum Gasteiger partial charge on any atom is 0.0329 e. The molecule has 2 rings (SSSR count). The fraction of sp³-hybridized carbons (Fsp3) is 0.286. The lowest BCUT2D eigenvalue weighted by Gasteiger charge is -2.27. The first-order valence-corrected chi connectivity index (χ1v) is 6.43. The van der Waals surface area contributed by atoms with Crippen LogP contribution in [0.25, 0.3) is 5.57 Å². The van der Waals surface area contributed by atoms with Crippen LogP contribution in [0.3, 0.4) is 0 Å². The molecule has 0 saturated carbocycles. The van der Waals surface area contributed by atoms with Gasteiger partial charge in [0, 0.05) is 17.2 Å². The van der Waals surface area contributed by atoms with E-state index in [1.807, 2.05) is 6.07 Å². The van der Waals surface area contributed by atoms with Crippen molar-refractivity contribution in [2.24, 2.45) is 5.41 Å². The van der Waals surface area contributed by atoms with Crippen molar-refractivity contribution < 1.29 is 0 Å². The highest BCUT2D eigenvalue weighted by Crippen LogP contribution is 2.35. The highest BCUT2D eigenvalue weighted by molar-refractivity contribution is 6.21. The highest BCUT2D eigenvalue weighted by Gasteiger charge is 2.26. The number of hydrogen-bond acceptors (Lipinski definition) is 0. The van der Waals surface area contributed by atoms with E-state index in [9.17, 15) is 0 Å². The molecule has 0 aromatic heterocycles. The van der Waals surface area contributed by atoms with E-state index < -0.39 is 0 Å². The van der Waals surface area contributed by atoms with Gasteiger partial charge in [0.15, 0.2) is 0 Å². The predicted molar refractivity (Wildman–Crippen MR) is 72.0 cm³/mol. The van der Waals surface area contributed by atoms with Crippen LogP contribution in [0.1, 0.15) is 12.0 Å². The zero-order chi connectivity index (χ0) is 11.4. The van der Waals surface area contributed by atoms with Crippen molar-refractivity contribution in [2.75, 3.05) is 11.8 Å². The largest absolute Gasteiger partial charge is 0.126 e. The Hall–Kier alpha value is -0.720. The molecule has 0 heterocycles. The average molecular weight is 253 g/mol. The molecule has 0 amide bonds. The molecule has 0 N–H and O–H groups in total. The average Bonchev–Trinajstić information content (AvgIpc) is 2.40. The Labute approximate surface area is 107 Å². The van der Waals surface area contributed by atoms with Gasteiger partial charge in [0.2, 0.25) is 0 Å². The first-order valence-electron chi connectivity index (χ1n) is 5.36. The van der Waals surface area contributed by atoms with E-state index in [4.69, 9.17) is 23.2 Å². The Morgan fingerprint density at radius 3 is 2.25 bits per heavy atom. The summed E-state index contributed by atoms with van der Waals surface area (Å²) in [5, 5.41) is 0. The van der Waals surface area contributed by atoms with Crippen LogP contribution in [-0.2, 0) is 0 Å². The van der Waals surface area contributed by atoms with Crippen LogP contribution >= 0.6 is 23.2 Å². The Balaban J connectivity index is 2.20. The fourth-order valence-electron chi connectivity index (χ4n) is 1.79. The van der Waals surface area contributed by atoms with Crippen molar-refractivity contribution in [1.29, 1.82) is 0 Å². The number of alkyl halides is 2. The summed E-state index contributed by atoms with van der Waals surface area (Å²) in [5.41, 5.74) is 2.45. The second-order valence-corrected chi connectivity index (χ2v) is 4.73. The molecule has 0 bridgehead atoms. The third kappa shape index (κ3) is 2.34. The number of hydrogen-bond donors (Lipinski definition) is 0. The van der Waals surface area contributed by atoms with Gasteiger partial charge >= 0.3 is 0 Å². The zero-order valence-electron chi connectivity index (χ0n) is 9.00. The summed E-state index contributed by atoms with van der Waals surface area (Å²) in [7, 11) is 0. The summed E-state index contributed by atoms with van der Waals surface area (Å²) in [6.07, 6.45) is 7.42. The van der Waals surface area contributed by atoms with Crippen molar-refractivity contribution >= 4 is 28.8 Å². The summed E-state index contributed by atoms with van der Waals surface area (Å²) >= 11 is 11.9. The van der Waals surface area contributed by atoms with E-state index in [0.717, 1.165) is 6.42 Å². The molecule has 1 aliphatic carbocycles. The van der Waals surface area contributed by atoms with Crippen molar-refractivity contribution in [3.63, 3.8) is 0 Å². The molecular formula is C14H14Cl2. The van der Waals surface area contributed by atoms with Gasteiger partial charge in [-0.15, -0.1) is 23.2 Å². The maximum atomic E-state index is 5.97. The molecule has 16 heavy (non-hydrogen) atoms. The van der Waals surface area contributed by atoms with E-state index >= 15 is 0 Å².